The number of rotatable bonds is 7. The Kier molecular flexibility index (Phi) is 5.52. The van der Waals surface area contributed by atoms with Gasteiger partial charge in [-0.2, -0.15) is 0 Å². The molecule has 1 N–H and O–H groups in total. The van der Waals surface area contributed by atoms with E-state index in [1.54, 1.807) is 7.11 Å². The minimum absolute atomic E-state index is 0.495. The van der Waals surface area contributed by atoms with Crippen molar-refractivity contribution in [3.8, 4) is 17.3 Å². The highest BCUT2D eigenvalue weighted by atomic mass is 16.5. The van der Waals surface area contributed by atoms with Crippen LogP contribution in [0.2, 0.25) is 0 Å². The molecule has 1 unspecified atom stereocenters. The average Bonchev–Trinajstić information content (AvgIpc) is 3.56. The summed E-state index contributed by atoms with van der Waals surface area (Å²) in [5.74, 6) is 2.49. The molecule has 1 aliphatic heterocycles. The van der Waals surface area contributed by atoms with Crippen molar-refractivity contribution in [3.63, 3.8) is 0 Å². The molecule has 0 spiro atoms. The molecule has 2 fully saturated rings. The Morgan fingerprint density at radius 3 is 2.86 bits per heavy atom. The summed E-state index contributed by atoms with van der Waals surface area (Å²) in [6, 6.07) is 11.1. The van der Waals surface area contributed by atoms with Crippen LogP contribution >= 0.6 is 0 Å². The van der Waals surface area contributed by atoms with Gasteiger partial charge in [-0.3, -0.25) is 0 Å². The van der Waals surface area contributed by atoms with Gasteiger partial charge in [0.2, 0.25) is 0 Å². The number of nitrogens with zero attached hydrogens (tertiary/aromatic N) is 5. The second kappa shape index (κ2) is 8.72. The molecule has 4 heterocycles. The number of likely N-dealkylation sites (tertiary alicyclic amines) is 1. The predicted molar refractivity (Wildman–Crippen MR) is 141 cm³/mol. The van der Waals surface area contributed by atoms with Gasteiger partial charge in [-0.1, -0.05) is 6.58 Å². The molecule has 4 aromatic rings. The molecule has 182 valence electrons. The van der Waals surface area contributed by atoms with Crippen LogP contribution in [0.1, 0.15) is 31.2 Å². The molecular weight excluding hydrogens is 436 g/mol. The molecule has 1 aliphatic carbocycles. The first kappa shape index (κ1) is 22.2. The lowest BCUT2D eigenvalue weighted by Gasteiger charge is -2.35. The SMILES string of the molecule is C=C(c1cc(OC)c2c(c1)nc(-c1cc3cccnc3n1CC1CC1)n2C)N1CCCC(NC)C1. The van der Waals surface area contributed by atoms with Gasteiger partial charge in [-0.15, -0.1) is 0 Å². The normalized spacial score (nSPS) is 18.5. The quantitative estimate of drug-likeness (QED) is 0.426. The minimum Gasteiger partial charge on any atom is -0.494 e. The number of hydrogen-bond donors (Lipinski definition) is 1. The third-order valence-corrected chi connectivity index (χ3v) is 7.72. The average molecular weight is 471 g/mol. The van der Waals surface area contributed by atoms with Crippen molar-refractivity contribution in [2.24, 2.45) is 13.0 Å². The fraction of sp³-hybridized carbons (Fsp3) is 0.429. The van der Waals surface area contributed by atoms with E-state index in [1.807, 2.05) is 19.3 Å². The molecule has 1 saturated carbocycles. The molecule has 3 aromatic heterocycles. The van der Waals surface area contributed by atoms with E-state index in [2.05, 4.69) is 57.2 Å². The number of nitrogens with one attached hydrogen (secondary N) is 1. The summed E-state index contributed by atoms with van der Waals surface area (Å²) < 4.78 is 10.4. The number of aryl methyl sites for hydroxylation is 1. The van der Waals surface area contributed by atoms with Gasteiger partial charge >= 0.3 is 0 Å². The van der Waals surface area contributed by atoms with Gasteiger partial charge in [0.25, 0.3) is 0 Å². The summed E-state index contributed by atoms with van der Waals surface area (Å²) in [5, 5.41) is 4.58. The Balaban J connectivity index is 1.45. The highest BCUT2D eigenvalue weighted by molar-refractivity contribution is 5.91. The fourth-order valence-electron chi connectivity index (χ4n) is 5.52. The topological polar surface area (TPSA) is 60.1 Å². The van der Waals surface area contributed by atoms with Crippen LogP contribution in [0.3, 0.4) is 0 Å². The molecule has 0 amide bonds. The number of imidazole rings is 1. The van der Waals surface area contributed by atoms with Crippen molar-refractivity contribution in [2.45, 2.75) is 38.3 Å². The van der Waals surface area contributed by atoms with E-state index in [4.69, 9.17) is 14.7 Å². The molecule has 7 nitrogen and oxygen atoms in total. The van der Waals surface area contributed by atoms with Crippen molar-refractivity contribution in [1.82, 2.24) is 29.3 Å². The maximum atomic E-state index is 5.89. The van der Waals surface area contributed by atoms with Crippen LogP contribution in [0.15, 0.2) is 43.1 Å². The number of ether oxygens (including phenoxy) is 1. The Bertz CT molecular complexity index is 1410. The number of likely N-dealkylation sites (N-methyl/N-ethyl adjacent to an activating group) is 1. The van der Waals surface area contributed by atoms with Crippen LogP contribution < -0.4 is 10.1 Å². The molecule has 0 radical (unpaired) electrons. The van der Waals surface area contributed by atoms with Crippen molar-refractivity contribution in [1.29, 1.82) is 0 Å². The zero-order chi connectivity index (χ0) is 24.1. The zero-order valence-corrected chi connectivity index (χ0v) is 20.9. The van der Waals surface area contributed by atoms with E-state index in [0.29, 0.717) is 6.04 Å². The summed E-state index contributed by atoms with van der Waals surface area (Å²) in [5.41, 5.74) is 6.17. The van der Waals surface area contributed by atoms with Gasteiger partial charge in [0, 0.05) is 55.6 Å². The van der Waals surface area contributed by atoms with Gasteiger partial charge in [0.15, 0.2) is 5.82 Å². The Hall–Kier alpha value is -3.32. The van der Waals surface area contributed by atoms with Crippen molar-refractivity contribution in [2.75, 3.05) is 27.2 Å². The Morgan fingerprint density at radius 2 is 2.09 bits per heavy atom. The number of aromatic nitrogens is 4. The van der Waals surface area contributed by atoms with E-state index in [-0.39, 0.29) is 0 Å². The van der Waals surface area contributed by atoms with Crippen LogP contribution in [-0.4, -0.2) is 57.3 Å². The predicted octanol–water partition coefficient (Wildman–Crippen LogP) is 4.66. The monoisotopic (exact) mass is 470 g/mol. The lowest BCUT2D eigenvalue weighted by Crippen LogP contribution is -2.43. The van der Waals surface area contributed by atoms with E-state index in [0.717, 1.165) is 82.6 Å². The molecule has 1 aromatic carbocycles. The van der Waals surface area contributed by atoms with Crippen LogP contribution in [0.5, 0.6) is 5.75 Å². The Morgan fingerprint density at radius 1 is 1.23 bits per heavy atom. The number of benzene rings is 1. The van der Waals surface area contributed by atoms with E-state index < -0.39 is 0 Å². The number of fused-ring (bicyclic) bond motifs is 2. The molecular formula is C28H34N6O. The van der Waals surface area contributed by atoms with Crippen LogP contribution in [-0.2, 0) is 13.6 Å². The maximum absolute atomic E-state index is 5.89. The van der Waals surface area contributed by atoms with Crippen molar-refractivity contribution < 1.29 is 4.74 Å². The van der Waals surface area contributed by atoms with Crippen molar-refractivity contribution >= 4 is 27.8 Å². The summed E-state index contributed by atoms with van der Waals surface area (Å²) in [6.45, 7) is 7.45. The molecule has 35 heavy (non-hydrogen) atoms. The number of piperidine rings is 1. The van der Waals surface area contributed by atoms with Gasteiger partial charge in [0.1, 0.15) is 16.9 Å². The largest absolute Gasteiger partial charge is 0.494 e. The lowest BCUT2D eigenvalue weighted by molar-refractivity contribution is 0.273. The van der Waals surface area contributed by atoms with E-state index in [1.165, 1.54) is 19.3 Å². The maximum Gasteiger partial charge on any atom is 0.157 e. The van der Waals surface area contributed by atoms with Gasteiger partial charge < -0.3 is 24.1 Å². The van der Waals surface area contributed by atoms with E-state index >= 15 is 0 Å². The van der Waals surface area contributed by atoms with E-state index in [9.17, 15) is 0 Å². The number of methoxy groups -OCH3 is 1. The molecule has 7 heteroatoms. The number of pyridine rings is 1. The molecule has 1 atom stereocenters. The summed E-state index contributed by atoms with van der Waals surface area (Å²) in [6.07, 6.45) is 6.83. The first-order valence-corrected chi connectivity index (χ1v) is 12.7. The lowest BCUT2D eigenvalue weighted by atomic mass is 10.0. The van der Waals surface area contributed by atoms with Gasteiger partial charge in [-0.25, -0.2) is 9.97 Å². The van der Waals surface area contributed by atoms with Crippen LogP contribution in [0.25, 0.3) is 39.3 Å². The highest BCUT2D eigenvalue weighted by Crippen LogP contribution is 2.38. The van der Waals surface area contributed by atoms with Gasteiger partial charge in [-0.05, 0) is 69.0 Å². The molecule has 0 bridgehead atoms. The van der Waals surface area contributed by atoms with Crippen LogP contribution in [0, 0.1) is 5.92 Å². The molecule has 2 aliphatic rings. The van der Waals surface area contributed by atoms with Crippen LogP contribution in [0.4, 0.5) is 0 Å². The van der Waals surface area contributed by atoms with Crippen molar-refractivity contribution in [3.05, 3.63) is 48.7 Å². The molecule has 6 rings (SSSR count). The number of hydrogen-bond acceptors (Lipinski definition) is 5. The summed E-state index contributed by atoms with van der Waals surface area (Å²) in [7, 11) is 5.86. The molecule has 1 saturated heterocycles. The summed E-state index contributed by atoms with van der Waals surface area (Å²) in [4.78, 5) is 12.2. The standard InChI is InChI=1S/C28H34N6O/c1-18(33-12-6-8-22(17-33)29-2)21-13-23-26(25(15-21)35-4)32(3)28(31-23)24-14-20-7-5-11-30-27(20)34(24)16-19-9-10-19/h5,7,11,13-15,19,22,29H,1,6,8-10,12,16-17H2,2-4H3. The first-order chi connectivity index (χ1) is 17.1. The second-order valence-electron chi connectivity index (χ2n) is 10.1. The third kappa shape index (κ3) is 3.88. The smallest absolute Gasteiger partial charge is 0.157 e. The zero-order valence-electron chi connectivity index (χ0n) is 20.9. The minimum atomic E-state index is 0.495. The fourth-order valence-corrected chi connectivity index (χ4v) is 5.52. The van der Waals surface area contributed by atoms with Gasteiger partial charge in [0.05, 0.1) is 18.3 Å². The Labute approximate surface area is 206 Å². The second-order valence-corrected chi connectivity index (χ2v) is 10.1. The summed E-state index contributed by atoms with van der Waals surface area (Å²) >= 11 is 0. The first-order valence-electron chi connectivity index (χ1n) is 12.7. The third-order valence-electron chi connectivity index (χ3n) is 7.72. The highest BCUT2D eigenvalue weighted by Gasteiger charge is 2.27.